The number of aromatic nitrogens is 1. The van der Waals surface area contributed by atoms with Crippen molar-refractivity contribution in [3.63, 3.8) is 0 Å². The minimum absolute atomic E-state index is 0.182. The molecule has 0 spiro atoms. The van der Waals surface area contributed by atoms with Gasteiger partial charge in [0.05, 0.1) is 6.54 Å². The maximum absolute atomic E-state index is 11.7. The topological polar surface area (TPSA) is 44.9 Å². The summed E-state index contributed by atoms with van der Waals surface area (Å²) in [6, 6.07) is 2.38. The van der Waals surface area contributed by atoms with Gasteiger partial charge >= 0.3 is 0 Å². The van der Waals surface area contributed by atoms with Crippen molar-refractivity contribution in [1.29, 1.82) is 0 Å². The fourth-order valence-electron chi connectivity index (χ4n) is 2.14. The highest BCUT2D eigenvalue weighted by molar-refractivity contribution is 5.97. The number of carbonyl (C=O) groups excluding carboxylic acids is 1. The van der Waals surface area contributed by atoms with Crippen molar-refractivity contribution in [2.45, 2.75) is 38.1 Å². The van der Waals surface area contributed by atoms with Gasteiger partial charge in [-0.2, -0.15) is 0 Å². The van der Waals surface area contributed by atoms with Crippen LogP contribution in [-0.4, -0.2) is 23.4 Å². The second kappa shape index (κ2) is 5.12. The molecule has 1 aliphatic rings. The van der Waals surface area contributed by atoms with Crippen molar-refractivity contribution in [3.8, 4) is 0 Å². The van der Waals surface area contributed by atoms with E-state index in [1.807, 2.05) is 6.07 Å². The highest BCUT2D eigenvalue weighted by Crippen LogP contribution is 2.17. The molecule has 82 valence electrons. The maximum Gasteiger partial charge on any atom is 0.178 e. The summed E-state index contributed by atoms with van der Waals surface area (Å²) in [5.41, 5.74) is 0.776. The maximum atomic E-state index is 11.7. The molecule has 1 heterocycles. The Kier molecular flexibility index (Phi) is 3.56. The molecule has 3 nitrogen and oxygen atoms in total. The summed E-state index contributed by atoms with van der Waals surface area (Å²) in [6.07, 6.45) is 9.94. The predicted molar refractivity (Wildman–Crippen MR) is 60.0 cm³/mol. The molecule has 0 bridgehead atoms. The lowest BCUT2D eigenvalue weighted by Crippen LogP contribution is -2.35. The zero-order valence-corrected chi connectivity index (χ0v) is 8.96. The lowest BCUT2D eigenvalue weighted by molar-refractivity contribution is 0.0985. The van der Waals surface area contributed by atoms with Crippen LogP contribution in [0.3, 0.4) is 0 Å². The number of hydrogen-bond donors (Lipinski definition) is 2. The number of Topliss-reactive ketones (excluding diaryl/α,β-unsaturated/α-hetero) is 1. The van der Waals surface area contributed by atoms with E-state index in [0.29, 0.717) is 12.6 Å². The second-order valence-electron chi connectivity index (χ2n) is 4.24. The molecule has 0 aliphatic heterocycles. The van der Waals surface area contributed by atoms with Crippen LogP contribution < -0.4 is 5.32 Å². The largest absolute Gasteiger partial charge is 0.367 e. The average molecular weight is 206 g/mol. The summed E-state index contributed by atoms with van der Waals surface area (Å²) < 4.78 is 0. The summed E-state index contributed by atoms with van der Waals surface area (Å²) in [6.45, 7) is 0.475. The van der Waals surface area contributed by atoms with Gasteiger partial charge in [-0.05, 0) is 18.9 Å². The minimum Gasteiger partial charge on any atom is -0.367 e. The molecule has 0 saturated heterocycles. The van der Waals surface area contributed by atoms with Crippen molar-refractivity contribution in [2.24, 2.45) is 0 Å². The van der Waals surface area contributed by atoms with E-state index in [1.54, 1.807) is 12.4 Å². The normalized spacial score (nSPS) is 17.9. The van der Waals surface area contributed by atoms with E-state index in [9.17, 15) is 4.79 Å². The number of H-pyrrole nitrogens is 1. The van der Waals surface area contributed by atoms with Crippen LogP contribution in [0.15, 0.2) is 18.5 Å². The number of carbonyl (C=O) groups is 1. The fraction of sp³-hybridized carbons (Fsp3) is 0.583. The van der Waals surface area contributed by atoms with Crippen molar-refractivity contribution >= 4 is 5.78 Å². The van der Waals surface area contributed by atoms with Gasteiger partial charge in [0.2, 0.25) is 0 Å². The Labute approximate surface area is 90.3 Å². The van der Waals surface area contributed by atoms with Crippen LogP contribution in [0.1, 0.15) is 42.5 Å². The Balaban J connectivity index is 1.75. The highest BCUT2D eigenvalue weighted by atomic mass is 16.1. The number of aromatic amines is 1. The third kappa shape index (κ3) is 2.93. The Bertz CT molecular complexity index is 299. The number of hydrogen-bond acceptors (Lipinski definition) is 2. The van der Waals surface area contributed by atoms with Gasteiger partial charge in [-0.25, -0.2) is 0 Å². The van der Waals surface area contributed by atoms with Gasteiger partial charge in [0.15, 0.2) is 5.78 Å². The molecule has 3 heteroatoms. The van der Waals surface area contributed by atoms with Crippen LogP contribution in [-0.2, 0) is 0 Å². The Hall–Kier alpha value is -1.09. The van der Waals surface area contributed by atoms with Crippen LogP contribution in [0.25, 0.3) is 0 Å². The van der Waals surface area contributed by atoms with Crippen LogP contribution in [0.5, 0.6) is 0 Å². The van der Waals surface area contributed by atoms with Gasteiger partial charge in [-0.15, -0.1) is 0 Å². The first-order chi connectivity index (χ1) is 7.36. The van der Waals surface area contributed by atoms with Crippen molar-refractivity contribution in [2.75, 3.05) is 6.54 Å². The zero-order chi connectivity index (χ0) is 10.5. The molecule has 2 rings (SSSR count). The molecule has 0 amide bonds. The Morgan fingerprint density at radius 1 is 1.40 bits per heavy atom. The SMILES string of the molecule is O=C(CNC1CCCCC1)c1cc[nH]c1. The molecule has 1 aliphatic carbocycles. The predicted octanol–water partition coefficient (Wildman–Crippen LogP) is 2.12. The van der Waals surface area contributed by atoms with Gasteiger partial charge in [-0.3, -0.25) is 4.79 Å². The molecule has 0 unspecified atom stereocenters. The van der Waals surface area contributed by atoms with Crippen LogP contribution in [0.4, 0.5) is 0 Å². The molecule has 1 aromatic rings. The molecular formula is C12H18N2O. The van der Waals surface area contributed by atoms with E-state index >= 15 is 0 Å². The van der Waals surface area contributed by atoms with Crippen molar-refractivity contribution in [1.82, 2.24) is 10.3 Å². The van der Waals surface area contributed by atoms with Gasteiger partial charge in [0.25, 0.3) is 0 Å². The first-order valence-corrected chi connectivity index (χ1v) is 5.75. The number of rotatable bonds is 4. The summed E-state index contributed by atoms with van der Waals surface area (Å²) in [5, 5.41) is 3.35. The molecule has 15 heavy (non-hydrogen) atoms. The van der Waals surface area contributed by atoms with E-state index < -0.39 is 0 Å². The average Bonchev–Trinajstić information content (AvgIpc) is 2.81. The Morgan fingerprint density at radius 3 is 2.87 bits per heavy atom. The Morgan fingerprint density at radius 2 is 2.20 bits per heavy atom. The highest BCUT2D eigenvalue weighted by Gasteiger charge is 2.14. The smallest absolute Gasteiger partial charge is 0.178 e. The molecule has 0 aromatic carbocycles. The van der Waals surface area contributed by atoms with E-state index in [2.05, 4.69) is 10.3 Å². The monoisotopic (exact) mass is 206 g/mol. The number of nitrogens with one attached hydrogen (secondary N) is 2. The van der Waals surface area contributed by atoms with Gasteiger partial charge in [0.1, 0.15) is 0 Å². The fourth-order valence-corrected chi connectivity index (χ4v) is 2.14. The summed E-state index contributed by atoms with van der Waals surface area (Å²) in [7, 11) is 0. The minimum atomic E-state index is 0.182. The van der Waals surface area contributed by atoms with Gasteiger partial charge < -0.3 is 10.3 Å². The van der Waals surface area contributed by atoms with Crippen molar-refractivity contribution in [3.05, 3.63) is 24.0 Å². The third-order valence-corrected chi connectivity index (χ3v) is 3.08. The molecule has 1 fully saturated rings. The van der Waals surface area contributed by atoms with Crippen LogP contribution in [0.2, 0.25) is 0 Å². The van der Waals surface area contributed by atoms with Crippen molar-refractivity contribution < 1.29 is 4.79 Å². The quantitative estimate of drug-likeness (QED) is 0.741. The van der Waals surface area contributed by atoms with Crippen LogP contribution >= 0.6 is 0 Å². The van der Waals surface area contributed by atoms with E-state index in [0.717, 1.165) is 5.56 Å². The van der Waals surface area contributed by atoms with E-state index in [4.69, 9.17) is 0 Å². The molecule has 2 N–H and O–H groups in total. The summed E-state index contributed by atoms with van der Waals surface area (Å²) in [4.78, 5) is 14.6. The lowest BCUT2D eigenvalue weighted by atomic mass is 9.95. The molecule has 1 aromatic heterocycles. The zero-order valence-electron chi connectivity index (χ0n) is 8.96. The van der Waals surface area contributed by atoms with Gasteiger partial charge in [-0.1, -0.05) is 19.3 Å². The van der Waals surface area contributed by atoms with E-state index in [1.165, 1.54) is 32.1 Å². The third-order valence-electron chi connectivity index (χ3n) is 3.08. The summed E-state index contributed by atoms with van der Waals surface area (Å²) in [5.74, 6) is 0.182. The molecule has 0 atom stereocenters. The lowest BCUT2D eigenvalue weighted by Gasteiger charge is -2.22. The molecule has 1 saturated carbocycles. The second-order valence-corrected chi connectivity index (χ2v) is 4.24. The summed E-state index contributed by atoms with van der Waals surface area (Å²) >= 11 is 0. The standard InChI is InChI=1S/C12H18N2O/c15-12(10-6-7-13-8-10)9-14-11-4-2-1-3-5-11/h6-8,11,13-14H,1-5,9H2. The van der Waals surface area contributed by atoms with Gasteiger partial charge in [0, 0.05) is 24.0 Å². The molecule has 0 radical (unpaired) electrons. The molecular weight excluding hydrogens is 188 g/mol. The first kappa shape index (κ1) is 10.4. The van der Waals surface area contributed by atoms with E-state index in [-0.39, 0.29) is 5.78 Å². The number of ketones is 1. The first-order valence-electron chi connectivity index (χ1n) is 5.75. The van der Waals surface area contributed by atoms with Crippen LogP contribution in [0, 0.1) is 0 Å².